The van der Waals surface area contributed by atoms with Crippen LogP contribution in [0, 0.1) is 0 Å². The van der Waals surface area contributed by atoms with Crippen molar-refractivity contribution < 1.29 is 4.79 Å². The average molecular weight is 256 g/mol. The van der Waals surface area contributed by atoms with Crippen molar-refractivity contribution in [3.05, 3.63) is 53.3 Å². The molecule has 3 heteroatoms. The van der Waals surface area contributed by atoms with E-state index in [0.29, 0.717) is 12.1 Å². The molecule has 0 aliphatic carbocycles. The van der Waals surface area contributed by atoms with Crippen LogP contribution in [0.4, 0.5) is 0 Å². The minimum absolute atomic E-state index is 0.0503. The summed E-state index contributed by atoms with van der Waals surface area (Å²) >= 11 is 0. The molecular weight excluding hydrogens is 236 g/mol. The van der Waals surface area contributed by atoms with Crippen LogP contribution in [-0.2, 0) is 12.0 Å². The summed E-state index contributed by atoms with van der Waals surface area (Å²) in [6.07, 6.45) is 3.41. The van der Waals surface area contributed by atoms with Crippen molar-refractivity contribution in [1.82, 2.24) is 9.78 Å². The molecule has 100 valence electrons. The minimum Gasteiger partial charge on any atom is -0.294 e. The molecule has 1 aromatic carbocycles. The Labute approximate surface area is 114 Å². The van der Waals surface area contributed by atoms with Gasteiger partial charge in [0, 0.05) is 6.20 Å². The third-order valence-corrected chi connectivity index (χ3v) is 3.20. The predicted octanol–water partition coefficient (Wildman–Crippen LogP) is 3.43. The molecule has 19 heavy (non-hydrogen) atoms. The van der Waals surface area contributed by atoms with Crippen LogP contribution < -0.4 is 0 Å². The quantitative estimate of drug-likeness (QED) is 0.789. The van der Waals surface area contributed by atoms with E-state index in [1.807, 2.05) is 0 Å². The monoisotopic (exact) mass is 256 g/mol. The minimum atomic E-state index is 0.0503. The van der Waals surface area contributed by atoms with E-state index in [1.165, 1.54) is 11.1 Å². The van der Waals surface area contributed by atoms with E-state index in [-0.39, 0.29) is 11.2 Å². The Bertz CT molecular complexity index is 574. The summed E-state index contributed by atoms with van der Waals surface area (Å²) < 4.78 is 1.79. The van der Waals surface area contributed by atoms with Crippen LogP contribution >= 0.6 is 0 Å². The van der Waals surface area contributed by atoms with Crippen LogP contribution in [0.5, 0.6) is 0 Å². The molecule has 0 amide bonds. The van der Waals surface area contributed by atoms with Gasteiger partial charge in [-0.15, -0.1) is 0 Å². The fraction of sp³-hybridized carbons (Fsp3) is 0.375. The molecule has 0 fully saturated rings. The second-order valence-electron chi connectivity index (χ2n) is 5.93. The molecule has 0 unspecified atom stereocenters. The van der Waals surface area contributed by atoms with E-state index in [0.717, 1.165) is 0 Å². The molecule has 2 rings (SSSR count). The number of hydrogen-bond acceptors (Lipinski definition) is 2. The third-order valence-electron chi connectivity index (χ3n) is 3.20. The van der Waals surface area contributed by atoms with Crippen LogP contribution in [-0.4, -0.2) is 15.6 Å². The van der Waals surface area contributed by atoms with E-state index >= 15 is 0 Å². The molecular formula is C16H20N2O. The Kier molecular flexibility index (Phi) is 3.56. The fourth-order valence-electron chi connectivity index (χ4n) is 1.93. The molecule has 0 radical (unpaired) electrons. The number of rotatable bonds is 3. The summed E-state index contributed by atoms with van der Waals surface area (Å²) in [5.41, 5.74) is 3.34. The Balaban J connectivity index is 2.13. The number of Topliss-reactive ketones (excluding diaryl/α,β-unsaturated/α-hetero) is 1. The topological polar surface area (TPSA) is 34.9 Å². The SMILES string of the molecule is CC(=O)c1cnn(Cc2ccc(C(C)(C)C)cc2)c1. The molecule has 3 nitrogen and oxygen atoms in total. The van der Waals surface area contributed by atoms with Gasteiger partial charge in [0.1, 0.15) is 0 Å². The molecule has 0 spiro atoms. The second kappa shape index (κ2) is 5.00. The highest BCUT2D eigenvalue weighted by molar-refractivity contribution is 5.93. The van der Waals surface area contributed by atoms with Gasteiger partial charge in [-0.2, -0.15) is 5.10 Å². The molecule has 0 saturated carbocycles. The third kappa shape index (κ3) is 3.31. The van der Waals surface area contributed by atoms with Crippen molar-refractivity contribution in [2.75, 3.05) is 0 Å². The van der Waals surface area contributed by atoms with Gasteiger partial charge in [-0.05, 0) is 23.5 Å². The van der Waals surface area contributed by atoms with Crippen molar-refractivity contribution in [2.24, 2.45) is 0 Å². The van der Waals surface area contributed by atoms with Crippen LogP contribution in [0.25, 0.3) is 0 Å². The summed E-state index contributed by atoms with van der Waals surface area (Å²) in [7, 11) is 0. The van der Waals surface area contributed by atoms with Gasteiger partial charge >= 0.3 is 0 Å². The first-order valence-electron chi connectivity index (χ1n) is 6.49. The molecule has 0 aliphatic heterocycles. The zero-order valence-corrected chi connectivity index (χ0v) is 12.0. The number of carbonyl (C=O) groups is 1. The highest BCUT2D eigenvalue weighted by Crippen LogP contribution is 2.22. The Morgan fingerprint density at radius 1 is 1.21 bits per heavy atom. The highest BCUT2D eigenvalue weighted by Gasteiger charge is 2.12. The summed E-state index contributed by atoms with van der Waals surface area (Å²) in [6.45, 7) is 8.86. The van der Waals surface area contributed by atoms with E-state index in [9.17, 15) is 4.79 Å². The standard InChI is InChI=1S/C16H20N2O/c1-12(19)14-9-17-18(11-14)10-13-5-7-15(8-6-13)16(2,3)4/h5-9,11H,10H2,1-4H3. The van der Waals surface area contributed by atoms with Gasteiger partial charge in [0.05, 0.1) is 18.3 Å². The number of ketones is 1. The number of nitrogens with zero attached hydrogens (tertiary/aromatic N) is 2. The molecule has 1 aromatic heterocycles. The maximum Gasteiger partial charge on any atom is 0.162 e. The summed E-state index contributed by atoms with van der Waals surface area (Å²) in [5.74, 6) is 0.0503. The number of benzene rings is 1. The van der Waals surface area contributed by atoms with Crippen LogP contribution in [0.15, 0.2) is 36.7 Å². The van der Waals surface area contributed by atoms with Crippen molar-refractivity contribution in [3.8, 4) is 0 Å². The summed E-state index contributed by atoms with van der Waals surface area (Å²) in [5, 5.41) is 4.20. The van der Waals surface area contributed by atoms with Crippen molar-refractivity contribution >= 4 is 5.78 Å². The second-order valence-corrected chi connectivity index (χ2v) is 5.93. The van der Waals surface area contributed by atoms with E-state index in [2.05, 4.69) is 50.1 Å². The van der Waals surface area contributed by atoms with Crippen LogP contribution in [0.2, 0.25) is 0 Å². The average Bonchev–Trinajstić information content (AvgIpc) is 2.77. The van der Waals surface area contributed by atoms with E-state index in [4.69, 9.17) is 0 Å². The zero-order valence-electron chi connectivity index (χ0n) is 12.0. The lowest BCUT2D eigenvalue weighted by Gasteiger charge is -2.19. The van der Waals surface area contributed by atoms with E-state index < -0.39 is 0 Å². The van der Waals surface area contributed by atoms with Gasteiger partial charge in [0.15, 0.2) is 5.78 Å². The maximum atomic E-state index is 11.2. The first-order chi connectivity index (χ1) is 8.86. The van der Waals surface area contributed by atoms with Crippen LogP contribution in [0.1, 0.15) is 49.2 Å². The van der Waals surface area contributed by atoms with Gasteiger partial charge < -0.3 is 0 Å². The molecule has 1 heterocycles. The summed E-state index contributed by atoms with van der Waals surface area (Å²) in [6, 6.07) is 8.56. The lowest BCUT2D eigenvalue weighted by Crippen LogP contribution is -2.11. The van der Waals surface area contributed by atoms with Crippen molar-refractivity contribution in [3.63, 3.8) is 0 Å². The predicted molar refractivity (Wildman–Crippen MR) is 76.5 cm³/mol. The van der Waals surface area contributed by atoms with E-state index in [1.54, 1.807) is 24.0 Å². The smallest absolute Gasteiger partial charge is 0.162 e. The van der Waals surface area contributed by atoms with Crippen molar-refractivity contribution in [2.45, 2.75) is 39.7 Å². The molecule has 0 atom stereocenters. The normalized spacial score (nSPS) is 11.6. The number of hydrogen-bond donors (Lipinski definition) is 0. The molecule has 0 N–H and O–H groups in total. The Morgan fingerprint density at radius 2 is 1.84 bits per heavy atom. The Hall–Kier alpha value is -1.90. The van der Waals surface area contributed by atoms with Gasteiger partial charge in [0.25, 0.3) is 0 Å². The molecule has 0 bridgehead atoms. The zero-order chi connectivity index (χ0) is 14.0. The van der Waals surface area contributed by atoms with Gasteiger partial charge in [-0.3, -0.25) is 9.48 Å². The van der Waals surface area contributed by atoms with Gasteiger partial charge in [-0.1, -0.05) is 45.0 Å². The van der Waals surface area contributed by atoms with Crippen LogP contribution in [0.3, 0.4) is 0 Å². The molecule has 0 aliphatic rings. The van der Waals surface area contributed by atoms with Crippen molar-refractivity contribution in [1.29, 1.82) is 0 Å². The first-order valence-corrected chi connectivity index (χ1v) is 6.49. The molecule has 2 aromatic rings. The van der Waals surface area contributed by atoms with Gasteiger partial charge in [-0.25, -0.2) is 0 Å². The number of carbonyl (C=O) groups excluding carboxylic acids is 1. The fourth-order valence-corrected chi connectivity index (χ4v) is 1.93. The Morgan fingerprint density at radius 3 is 2.32 bits per heavy atom. The highest BCUT2D eigenvalue weighted by atomic mass is 16.1. The largest absolute Gasteiger partial charge is 0.294 e. The summed E-state index contributed by atoms with van der Waals surface area (Å²) in [4.78, 5) is 11.2. The lowest BCUT2D eigenvalue weighted by molar-refractivity contribution is 0.101. The maximum absolute atomic E-state index is 11.2. The molecule has 0 saturated heterocycles. The lowest BCUT2D eigenvalue weighted by atomic mass is 9.87. The first kappa shape index (κ1) is 13.5. The number of aromatic nitrogens is 2. The van der Waals surface area contributed by atoms with Gasteiger partial charge in [0.2, 0.25) is 0 Å².